The van der Waals surface area contributed by atoms with Gasteiger partial charge in [0.15, 0.2) is 4.90 Å². The first-order chi connectivity index (χ1) is 11.9. The van der Waals surface area contributed by atoms with E-state index >= 15 is 0 Å². The molecule has 0 saturated carbocycles. The third-order valence-corrected chi connectivity index (χ3v) is 8.15. The maximum Gasteiger partial charge on any atom is 0.343 e. The number of rotatable bonds is 6. The van der Waals surface area contributed by atoms with Crippen molar-refractivity contribution in [3.63, 3.8) is 0 Å². The summed E-state index contributed by atoms with van der Waals surface area (Å²) in [4.78, 5) is 43.0. The Morgan fingerprint density at radius 2 is 1.54 bits per heavy atom. The highest BCUT2D eigenvalue weighted by Crippen LogP contribution is 2.70. The minimum atomic E-state index is -4.77. The molecule has 26 heavy (non-hydrogen) atoms. The minimum Gasteiger partial charge on any atom is -0.473 e. The van der Waals surface area contributed by atoms with Gasteiger partial charge in [0, 0.05) is 13.0 Å². The van der Waals surface area contributed by atoms with Crippen molar-refractivity contribution in [1.82, 2.24) is 5.32 Å². The molecule has 1 aliphatic heterocycles. The Bertz CT molecular complexity index is 508. The molecule has 0 aliphatic carbocycles. The zero-order valence-electron chi connectivity index (χ0n) is 15.7. The molecule has 1 aliphatic rings. The summed E-state index contributed by atoms with van der Waals surface area (Å²) in [7, 11) is -9.54. The molecule has 5 N–H and O–H groups in total. The normalized spacial score (nSPS) is 13.5. The first-order valence-corrected chi connectivity index (χ1v) is 11.4. The molecular formula is C15H31NO8P2. The maximum atomic E-state index is 10.7. The lowest BCUT2D eigenvalue weighted by Crippen LogP contribution is -2.23. The second-order valence-corrected chi connectivity index (χ2v) is 9.98. The molecule has 0 atom stereocenters. The van der Waals surface area contributed by atoms with Gasteiger partial charge in [0.25, 0.3) is 0 Å². The summed E-state index contributed by atoms with van der Waals surface area (Å²) in [6.45, 7) is 6.90. The number of carbonyl (C=O) groups excluding carboxylic acids is 1. The highest BCUT2D eigenvalue weighted by molar-refractivity contribution is 7.72. The lowest BCUT2D eigenvalue weighted by Gasteiger charge is -2.29. The summed E-state index contributed by atoms with van der Waals surface area (Å²) in [6.07, 6.45) is 9.63. The van der Waals surface area contributed by atoms with Gasteiger partial charge in [0.1, 0.15) is 0 Å². The van der Waals surface area contributed by atoms with Crippen LogP contribution < -0.4 is 5.32 Å². The van der Waals surface area contributed by atoms with Crippen molar-refractivity contribution < 1.29 is 38.2 Å². The molecule has 0 fully saturated rings. The van der Waals surface area contributed by atoms with Crippen molar-refractivity contribution >= 4 is 21.1 Å². The quantitative estimate of drug-likeness (QED) is 0.415. The third kappa shape index (κ3) is 10.9. The summed E-state index contributed by atoms with van der Waals surface area (Å²) < 4.78 is 26.2. The molecule has 0 aromatic rings. The van der Waals surface area contributed by atoms with E-state index in [1.54, 1.807) is 12.5 Å². The number of allylic oxidation sites excluding steroid dienone is 2. The lowest BCUT2D eigenvalue weighted by molar-refractivity contribution is -0.120. The molecule has 9 nitrogen and oxygen atoms in total. The van der Waals surface area contributed by atoms with Crippen molar-refractivity contribution in [1.29, 1.82) is 0 Å². The van der Waals surface area contributed by atoms with Crippen LogP contribution in [-0.2, 0) is 18.7 Å². The minimum absolute atomic E-state index is 0.145. The number of hydrogen-bond acceptors (Lipinski definition) is 4. The van der Waals surface area contributed by atoms with Crippen LogP contribution in [0.4, 0.5) is 0 Å². The van der Waals surface area contributed by atoms with Crippen LogP contribution in [0, 0.1) is 0 Å². The van der Waals surface area contributed by atoms with E-state index in [-0.39, 0.29) is 12.3 Å². The largest absolute Gasteiger partial charge is 0.473 e. The highest BCUT2D eigenvalue weighted by atomic mass is 31.2. The average molecular weight is 415 g/mol. The number of amides is 1. The van der Waals surface area contributed by atoms with Gasteiger partial charge in [-0.3, -0.25) is 13.9 Å². The first kappa shape index (κ1) is 27.3. The summed E-state index contributed by atoms with van der Waals surface area (Å²) in [5.74, 6) is 0.145. The van der Waals surface area contributed by atoms with Crippen LogP contribution in [0.1, 0.15) is 53.4 Å². The van der Waals surface area contributed by atoms with Gasteiger partial charge in [-0.2, -0.15) is 0 Å². The standard InChI is InChI=1S/C6H13NO.C5H6O.C4H12O6P2/c1-3-5-7-6(8)4-2;1-2-4-6-5-3-1;1-3-4(2,11(5,6)7)12(8,9)10/h3-5H2,1-2H3,(H,7,8);2-5H,1H2;3H2,1-2H3,(H2,5,6,7)(H2,8,9,10). The van der Waals surface area contributed by atoms with Gasteiger partial charge < -0.3 is 29.6 Å². The predicted octanol–water partition coefficient (Wildman–Crippen LogP) is 2.82. The number of ether oxygens (including phenoxy) is 1. The molecule has 1 amide bonds. The van der Waals surface area contributed by atoms with Crippen LogP contribution in [0.2, 0.25) is 0 Å². The van der Waals surface area contributed by atoms with E-state index in [1.165, 1.54) is 6.92 Å². The van der Waals surface area contributed by atoms with Gasteiger partial charge in [-0.15, -0.1) is 0 Å². The zero-order chi connectivity index (χ0) is 20.9. The van der Waals surface area contributed by atoms with Crippen LogP contribution >= 0.6 is 15.2 Å². The van der Waals surface area contributed by atoms with E-state index in [9.17, 15) is 13.9 Å². The van der Waals surface area contributed by atoms with Crippen molar-refractivity contribution in [2.24, 2.45) is 0 Å². The monoisotopic (exact) mass is 415 g/mol. The summed E-state index contributed by atoms with van der Waals surface area (Å²) in [5, 5.41) is 2.74. The van der Waals surface area contributed by atoms with Gasteiger partial charge >= 0.3 is 15.2 Å². The fraction of sp³-hybridized carbons (Fsp3) is 0.667. The molecule has 11 heteroatoms. The summed E-state index contributed by atoms with van der Waals surface area (Å²) >= 11 is 0. The summed E-state index contributed by atoms with van der Waals surface area (Å²) in [6, 6.07) is 0. The molecule has 0 spiro atoms. The first-order valence-electron chi connectivity index (χ1n) is 8.20. The predicted molar refractivity (Wildman–Crippen MR) is 100 cm³/mol. The Morgan fingerprint density at radius 1 is 1.08 bits per heavy atom. The second kappa shape index (κ2) is 13.3. The molecule has 1 rings (SSSR count). The van der Waals surface area contributed by atoms with Crippen LogP contribution in [-0.4, -0.2) is 36.9 Å². The Morgan fingerprint density at radius 3 is 1.69 bits per heavy atom. The van der Waals surface area contributed by atoms with Crippen LogP contribution in [0.3, 0.4) is 0 Å². The fourth-order valence-corrected chi connectivity index (χ4v) is 3.50. The average Bonchev–Trinajstić information content (AvgIpc) is 2.59. The number of nitrogens with one attached hydrogen (secondary N) is 1. The Labute approximate surface area is 154 Å². The highest BCUT2D eigenvalue weighted by Gasteiger charge is 2.54. The van der Waals surface area contributed by atoms with Crippen molar-refractivity contribution in [3.05, 3.63) is 24.7 Å². The van der Waals surface area contributed by atoms with E-state index in [1.807, 2.05) is 26.0 Å². The maximum absolute atomic E-state index is 10.7. The number of hydrogen-bond donors (Lipinski definition) is 5. The second-order valence-electron chi connectivity index (χ2n) is 5.48. The fourth-order valence-electron chi connectivity index (χ4n) is 1.32. The van der Waals surface area contributed by atoms with E-state index in [4.69, 9.17) is 24.3 Å². The molecular weight excluding hydrogens is 384 g/mol. The number of carbonyl (C=O) groups is 1. The summed E-state index contributed by atoms with van der Waals surface area (Å²) in [5.41, 5.74) is 0. The third-order valence-electron chi connectivity index (χ3n) is 3.44. The molecule has 0 unspecified atom stereocenters. The van der Waals surface area contributed by atoms with Crippen molar-refractivity contribution in [3.8, 4) is 0 Å². The van der Waals surface area contributed by atoms with E-state index in [0.717, 1.165) is 26.3 Å². The van der Waals surface area contributed by atoms with E-state index in [2.05, 4.69) is 5.32 Å². The Hall–Kier alpha value is -0.950. The SMILES string of the molecule is C1=COC=CC1.CCC(C)(P(=O)(O)O)P(=O)(O)O.CCCNC(=O)CC. The smallest absolute Gasteiger partial charge is 0.343 e. The molecule has 0 aromatic heterocycles. The van der Waals surface area contributed by atoms with Gasteiger partial charge in [0.05, 0.1) is 12.5 Å². The molecule has 154 valence electrons. The lowest BCUT2D eigenvalue weighted by atomic mass is 10.4. The molecule has 1 heterocycles. The van der Waals surface area contributed by atoms with Gasteiger partial charge in [-0.05, 0) is 38.3 Å². The van der Waals surface area contributed by atoms with Gasteiger partial charge in [0.2, 0.25) is 5.91 Å². The Balaban J connectivity index is 0. The topological polar surface area (TPSA) is 153 Å². The van der Waals surface area contributed by atoms with Crippen molar-refractivity contribution in [2.45, 2.75) is 58.3 Å². The zero-order valence-corrected chi connectivity index (χ0v) is 17.5. The van der Waals surface area contributed by atoms with Crippen molar-refractivity contribution in [2.75, 3.05) is 6.54 Å². The van der Waals surface area contributed by atoms with Gasteiger partial charge in [-0.25, -0.2) is 0 Å². The van der Waals surface area contributed by atoms with Crippen LogP contribution in [0.15, 0.2) is 24.7 Å². The molecule has 0 saturated heterocycles. The molecule has 0 bridgehead atoms. The van der Waals surface area contributed by atoms with Crippen LogP contribution in [0.5, 0.6) is 0 Å². The van der Waals surface area contributed by atoms with E-state index < -0.39 is 20.1 Å². The Kier molecular flexibility index (Phi) is 13.9. The van der Waals surface area contributed by atoms with Gasteiger partial charge in [-0.1, -0.05) is 20.8 Å². The molecule has 0 aromatic carbocycles. The molecule has 0 radical (unpaired) electrons. The van der Waals surface area contributed by atoms with Crippen LogP contribution in [0.25, 0.3) is 0 Å². The van der Waals surface area contributed by atoms with E-state index in [0.29, 0.717) is 6.42 Å².